The Hall–Kier alpha value is -1.85. The first-order chi connectivity index (χ1) is 11.2. The number of para-hydroxylation sites is 2. The summed E-state index contributed by atoms with van der Waals surface area (Å²) in [4.78, 5) is 0. The number of benzene rings is 2. The summed E-state index contributed by atoms with van der Waals surface area (Å²) in [7, 11) is -3.71. The smallest absolute Gasteiger partial charge is 0.286 e. The molecule has 23 heavy (non-hydrogen) atoms. The van der Waals surface area contributed by atoms with Gasteiger partial charge in [0.15, 0.2) is 0 Å². The van der Waals surface area contributed by atoms with Crippen molar-refractivity contribution >= 4 is 19.2 Å². The van der Waals surface area contributed by atoms with Gasteiger partial charge in [0.25, 0.3) is 0 Å². The molecule has 6 nitrogen and oxygen atoms in total. The van der Waals surface area contributed by atoms with E-state index in [2.05, 4.69) is 5.43 Å². The van der Waals surface area contributed by atoms with Crippen molar-refractivity contribution in [2.24, 2.45) is 0 Å². The lowest BCUT2D eigenvalue weighted by Gasteiger charge is -2.27. The van der Waals surface area contributed by atoms with Gasteiger partial charge in [-0.3, -0.25) is 14.5 Å². The molecule has 0 aliphatic rings. The number of anilines is 2. The van der Waals surface area contributed by atoms with Gasteiger partial charge in [0, 0.05) is 0 Å². The Balaban J connectivity index is 2.24. The second-order valence-electron chi connectivity index (χ2n) is 4.47. The fraction of sp³-hybridized carbons (Fsp3) is 0.250. The van der Waals surface area contributed by atoms with E-state index >= 15 is 0 Å². The Morgan fingerprint density at radius 1 is 0.913 bits per heavy atom. The van der Waals surface area contributed by atoms with Crippen molar-refractivity contribution in [3.63, 3.8) is 0 Å². The maximum Gasteiger partial charge on any atom is 0.498 e. The number of nitrogens with zero attached hydrogens (tertiary/aromatic N) is 1. The Morgan fingerprint density at radius 2 is 1.43 bits per heavy atom. The van der Waals surface area contributed by atoms with E-state index < -0.39 is 7.82 Å². The van der Waals surface area contributed by atoms with Gasteiger partial charge >= 0.3 is 7.82 Å². The standard InChI is InChI=1S/C16H21N2O4P/c1-3-20-23(19,21-4-2)22-18(16-13-9-6-10-14-16)17-15-11-7-5-8-12-15/h5-14,17H,3-4H2,1-2H3. The fourth-order valence-corrected chi connectivity index (χ4v) is 2.96. The molecule has 1 N–H and O–H groups in total. The quantitative estimate of drug-likeness (QED) is 0.532. The number of hydrazine groups is 1. The van der Waals surface area contributed by atoms with Gasteiger partial charge in [-0.1, -0.05) is 36.4 Å². The zero-order valence-corrected chi connectivity index (χ0v) is 14.1. The zero-order chi connectivity index (χ0) is 16.5. The van der Waals surface area contributed by atoms with E-state index in [9.17, 15) is 4.57 Å². The van der Waals surface area contributed by atoms with Crippen LogP contribution in [0.4, 0.5) is 11.4 Å². The molecule has 0 saturated heterocycles. The van der Waals surface area contributed by atoms with E-state index in [4.69, 9.17) is 13.7 Å². The predicted octanol–water partition coefficient (Wildman–Crippen LogP) is 4.63. The van der Waals surface area contributed by atoms with Crippen LogP contribution in [0.3, 0.4) is 0 Å². The molecule has 0 aliphatic carbocycles. The minimum atomic E-state index is -3.71. The molecule has 0 fully saturated rings. The average Bonchev–Trinajstić information content (AvgIpc) is 2.56. The third kappa shape index (κ3) is 5.37. The van der Waals surface area contributed by atoms with Crippen LogP contribution in [0.25, 0.3) is 0 Å². The fourth-order valence-electron chi connectivity index (χ4n) is 1.83. The average molecular weight is 336 g/mol. The van der Waals surface area contributed by atoms with E-state index in [0.29, 0.717) is 5.69 Å². The molecular weight excluding hydrogens is 315 g/mol. The van der Waals surface area contributed by atoms with Crippen LogP contribution in [0.5, 0.6) is 0 Å². The molecule has 2 aromatic rings. The maximum atomic E-state index is 12.6. The third-order valence-electron chi connectivity index (χ3n) is 2.75. The van der Waals surface area contributed by atoms with E-state index in [1.165, 1.54) is 5.17 Å². The highest BCUT2D eigenvalue weighted by molar-refractivity contribution is 7.48. The van der Waals surface area contributed by atoms with Gasteiger partial charge in [0.1, 0.15) is 0 Å². The van der Waals surface area contributed by atoms with Crippen molar-refractivity contribution in [1.82, 2.24) is 0 Å². The summed E-state index contributed by atoms with van der Waals surface area (Å²) >= 11 is 0. The van der Waals surface area contributed by atoms with Crippen LogP contribution < -0.4 is 10.6 Å². The van der Waals surface area contributed by atoms with Gasteiger partial charge in [-0.25, -0.2) is 4.57 Å². The Morgan fingerprint density at radius 3 is 1.96 bits per heavy atom. The molecule has 7 heteroatoms. The zero-order valence-electron chi connectivity index (χ0n) is 13.2. The Labute approximate surface area is 136 Å². The van der Waals surface area contributed by atoms with E-state index in [1.807, 2.05) is 60.7 Å². The van der Waals surface area contributed by atoms with Crippen LogP contribution in [-0.2, 0) is 18.2 Å². The molecule has 0 atom stereocenters. The van der Waals surface area contributed by atoms with Crippen molar-refractivity contribution in [2.45, 2.75) is 13.8 Å². The second kappa shape index (κ2) is 8.70. The topological polar surface area (TPSA) is 60.0 Å². The van der Waals surface area contributed by atoms with Crippen LogP contribution in [-0.4, -0.2) is 13.2 Å². The van der Waals surface area contributed by atoms with Crippen molar-refractivity contribution in [3.8, 4) is 0 Å². The molecule has 2 rings (SSSR count). The first-order valence-electron chi connectivity index (χ1n) is 7.42. The predicted molar refractivity (Wildman–Crippen MR) is 90.9 cm³/mol. The molecular formula is C16H21N2O4P. The van der Waals surface area contributed by atoms with Crippen LogP contribution in [0.2, 0.25) is 0 Å². The van der Waals surface area contributed by atoms with E-state index in [0.717, 1.165) is 5.69 Å². The van der Waals surface area contributed by atoms with Gasteiger partial charge < -0.3 is 0 Å². The van der Waals surface area contributed by atoms with E-state index in [-0.39, 0.29) is 13.2 Å². The first kappa shape index (κ1) is 17.5. The lowest BCUT2D eigenvalue weighted by Crippen LogP contribution is -2.29. The molecule has 0 aromatic heterocycles. The summed E-state index contributed by atoms with van der Waals surface area (Å²) in [6, 6.07) is 18.6. The Bertz CT molecular complexity index is 614. The number of hydrogen-bond donors (Lipinski definition) is 1. The molecule has 0 aliphatic heterocycles. The van der Waals surface area contributed by atoms with Crippen LogP contribution in [0, 0.1) is 0 Å². The normalized spacial score (nSPS) is 11.2. The third-order valence-corrected chi connectivity index (χ3v) is 4.26. The summed E-state index contributed by atoms with van der Waals surface area (Å²) in [5.74, 6) is 0. The van der Waals surface area contributed by atoms with E-state index in [1.54, 1.807) is 13.8 Å². The number of rotatable bonds is 9. The molecule has 0 spiro atoms. The van der Waals surface area contributed by atoms with Crippen molar-refractivity contribution < 1.29 is 18.2 Å². The van der Waals surface area contributed by atoms with Crippen molar-refractivity contribution in [1.29, 1.82) is 0 Å². The van der Waals surface area contributed by atoms with Crippen molar-refractivity contribution in [2.75, 3.05) is 23.8 Å². The summed E-state index contributed by atoms with van der Waals surface area (Å²) < 4.78 is 28.6. The molecule has 0 radical (unpaired) electrons. The largest absolute Gasteiger partial charge is 0.498 e. The number of phosphoric acid groups is 1. The van der Waals surface area contributed by atoms with Crippen LogP contribution in [0.1, 0.15) is 13.8 Å². The maximum absolute atomic E-state index is 12.6. The van der Waals surface area contributed by atoms with Gasteiger partial charge in [0.05, 0.1) is 24.6 Å². The van der Waals surface area contributed by atoms with Gasteiger partial charge in [0.2, 0.25) is 0 Å². The summed E-state index contributed by atoms with van der Waals surface area (Å²) in [5.41, 5.74) is 4.48. The minimum absolute atomic E-state index is 0.214. The number of hydrogen-bond acceptors (Lipinski definition) is 6. The van der Waals surface area contributed by atoms with Gasteiger partial charge in [-0.2, -0.15) is 5.17 Å². The molecule has 0 bridgehead atoms. The van der Waals surface area contributed by atoms with Crippen LogP contribution in [0.15, 0.2) is 60.7 Å². The molecule has 124 valence electrons. The summed E-state index contributed by atoms with van der Waals surface area (Å²) in [6.45, 7) is 3.88. The molecule has 0 amide bonds. The summed E-state index contributed by atoms with van der Waals surface area (Å²) in [5, 5.41) is 1.29. The number of phosphoric ester groups is 1. The van der Waals surface area contributed by atoms with Crippen molar-refractivity contribution in [3.05, 3.63) is 60.7 Å². The highest BCUT2D eigenvalue weighted by Crippen LogP contribution is 2.50. The lowest BCUT2D eigenvalue weighted by molar-refractivity contribution is 0.116. The minimum Gasteiger partial charge on any atom is -0.286 e. The van der Waals surface area contributed by atoms with Gasteiger partial charge in [-0.15, -0.1) is 4.62 Å². The first-order valence-corrected chi connectivity index (χ1v) is 8.88. The van der Waals surface area contributed by atoms with Crippen LogP contribution >= 0.6 is 7.82 Å². The highest BCUT2D eigenvalue weighted by atomic mass is 31.2. The second-order valence-corrected chi connectivity index (χ2v) is 6.05. The monoisotopic (exact) mass is 336 g/mol. The lowest BCUT2D eigenvalue weighted by atomic mass is 10.3. The highest BCUT2D eigenvalue weighted by Gasteiger charge is 2.30. The summed E-state index contributed by atoms with van der Waals surface area (Å²) in [6.07, 6.45) is 0. The SMILES string of the molecule is CCOP(=O)(OCC)ON(Nc1ccccc1)c1ccccc1. The molecule has 0 unspecified atom stereocenters. The van der Waals surface area contributed by atoms with Gasteiger partial charge in [-0.05, 0) is 38.1 Å². The molecule has 0 saturated carbocycles. The number of nitrogens with one attached hydrogen (secondary N) is 1. The Kier molecular flexibility index (Phi) is 6.62. The molecule has 0 heterocycles. The molecule has 2 aromatic carbocycles.